The summed E-state index contributed by atoms with van der Waals surface area (Å²) < 4.78 is 25.4. The van der Waals surface area contributed by atoms with E-state index in [-0.39, 0.29) is 16.8 Å². The second kappa shape index (κ2) is 6.68. The smallest absolute Gasteiger partial charge is 0.247 e. The van der Waals surface area contributed by atoms with E-state index in [0.29, 0.717) is 0 Å². The minimum atomic E-state index is -3.23. The van der Waals surface area contributed by atoms with Crippen LogP contribution in [0.3, 0.4) is 0 Å². The van der Waals surface area contributed by atoms with Crippen LogP contribution in [-0.2, 0) is 20.2 Å². The van der Waals surface area contributed by atoms with Gasteiger partial charge < -0.3 is 5.32 Å². The molecule has 0 aliphatic rings. The van der Waals surface area contributed by atoms with Gasteiger partial charge in [0.05, 0.1) is 21.6 Å². The van der Waals surface area contributed by atoms with Crippen molar-refractivity contribution >= 4 is 31.7 Å². The van der Waals surface area contributed by atoms with E-state index in [1.165, 1.54) is 0 Å². The summed E-state index contributed by atoms with van der Waals surface area (Å²) in [6.45, 7) is 5.41. The van der Waals surface area contributed by atoms with Gasteiger partial charge in [-0.05, 0) is 54.4 Å². The zero-order chi connectivity index (χ0) is 18.1. The number of aromatic nitrogens is 2. The predicted octanol–water partition coefficient (Wildman–Crippen LogP) is 2.66. The van der Waals surface area contributed by atoms with Crippen molar-refractivity contribution in [1.82, 2.24) is 15.1 Å². The van der Waals surface area contributed by atoms with Crippen LogP contribution in [0.5, 0.6) is 0 Å². The maximum absolute atomic E-state index is 12.6. The highest BCUT2D eigenvalue weighted by atomic mass is 79.9. The lowest BCUT2D eigenvalue weighted by atomic mass is 10.0. The number of halogens is 1. The number of hydrogen-bond donors (Lipinski definition) is 1. The zero-order valence-corrected chi connectivity index (χ0v) is 16.3. The normalized spacial score (nSPS) is 13.5. The SMILES string of the molecule is CC(NC(=O)C(C)(C)n1cc(Br)cn1)c1ccc(S(C)(=O)=O)cc1. The predicted molar refractivity (Wildman–Crippen MR) is 95.4 cm³/mol. The van der Waals surface area contributed by atoms with Gasteiger partial charge in [-0.1, -0.05) is 12.1 Å². The Morgan fingerprint density at radius 1 is 1.29 bits per heavy atom. The molecule has 2 aromatic rings. The number of benzene rings is 1. The minimum Gasteiger partial charge on any atom is -0.347 e. The number of carbonyl (C=O) groups excluding carboxylic acids is 1. The van der Waals surface area contributed by atoms with Crippen LogP contribution in [0.2, 0.25) is 0 Å². The zero-order valence-electron chi connectivity index (χ0n) is 13.9. The lowest BCUT2D eigenvalue weighted by Crippen LogP contribution is -2.45. The van der Waals surface area contributed by atoms with E-state index in [1.807, 2.05) is 6.92 Å². The molecule has 1 amide bonds. The van der Waals surface area contributed by atoms with Crippen molar-refractivity contribution in [2.45, 2.75) is 37.2 Å². The van der Waals surface area contributed by atoms with Crippen LogP contribution in [0.25, 0.3) is 0 Å². The fraction of sp³-hybridized carbons (Fsp3) is 0.375. The van der Waals surface area contributed by atoms with E-state index in [4.69, 9.17) is 0 Å². The number of nitrogens with zero attached hydrogens (tertiary/aromatic N) is 2. The van der Waals surface area contributed by atoms with Crippen LogP contribution >= 0.6 is 15.9 Å². The van der Waals surface area contributed by atoms with Crippen molar-refractivity contribution in [3.05, 3.63) is 46.7 Å². The maximum Gasteiger partial charge on any atom is 0.247 e. The molecule has 130 valence electrons. The Balaban J connectivity index is 2.14. The molecule has 24 heavy (non-hydrogen) atoms. The number of amides is 1. The van der Waals surface area contributed by atoms with Gasteiger partial charge in [0.2, 0.25) is 5.91 Å². The lowest BCUT2D eigenvalue weighted by molar-refractivity contribution is -0.129. The molecule has 1 aromatic carbocycles. The van der Waals surface area contributed by atoms with Gasteiger partial charge in [-0.2, -0.15) is 5.10 Å². The Morgan fingerprint density at radius 2 is 1.88 bits per heavy atom. The Hall–Kier alpha value is -1.67. The second-order valence-electron chi connectivity index (χ2n) is 6.20. The first-order chi connectivity index (χ1) is 11.0. The van der Waals surface area contributed by atoms with Gasteiger partial charge >= 0.3 is 0 Å². The van der Waals surface area contributed by atoms with Crippen molar-refractivity contribution in [2.75, 3.05) is 6.26 Å². The largest absolute Gasteiger partial charge is 0.347 e. The standard InChI is InChI=1S/C16H20BrN3O3S/c1-11(12-5-7-14(8-6-12)24(4,22)23)19-15(21)16(2,3)20-10-13(17)9-18-20/h5-11H,1-4H3,(H,19,21). The highest BCUT2D eigenvalue weighted by Crippen LogP contribution is 2.21. The Morgan fingerprint density at radius 3 is 2.33 bits per heavy atom. The molecule has 0 spiro atoms. The number of nitrogens with one attached hydrogen (secondary N) is 1. The summed E-state index contributed by atoms with van der Waals surface area (Å²) in [6, 6.07) is 6.24. The van der Waals surface area contributed by atoms with Gasteiger partial charge in [0, 0.05) is 12.5 Å². The summed E-state index contributed by atoms with van der Waals surface area (Å²) >= 11 is 3.32. The average Bonchev–Trinajstić information content (AvgIpc) is 2.93. The fourth-order valence-electron chi connectivity index (χ4n) is 2.17. The topological polar surface area (TPSA) is 81.1 Å². The first-order valence-corrected chi connectivity index (χ1v) is 10.0. The number of hydrogen-bond acceptors (Lipinski definition) is 4. The molecule has 8 heteroatoms. The van der Waals surface area contributed by atoms with Crippen molar-refractivity contribution in [1.29, 1.82) is 0 Å². The van der Waals surface area contributed by atoms with Gasteiger partial charge in [-0.15, -0.1) is 0 Å². The van der Waals surface area contributed by atoms with Crippen LogP contribution in [0.15, 0.2) is 46.0 Å². The Bertz CT molecular complexity index is 842. The van der Waals surface area contributed by atoms with Crippen molar-refractivity contribution in [2.24, 2.45) is 0 Å². The van der Waals surface area contributed by atoms with Gasteiger partial charge in [-0.25, -0.2) is 8.42 Å². The summed E-state index contributed by atoms with van der Waals surface area (Å²) in [7, 11) is -3.23. The van der Waals surface area contributed by atoms with Gasteiger partial charge in [0.1, 0.15) is 5.54 Å². The molecule has 0 radical (unpaired) electrons. The molecule has 1 atom stereocenters. The molecular formula is C16H20BrN3O3S. The second-order valence-corrected chi connectivity index (χ2v) is 9.13. The van der Waals surface area contributed by atoms with Crippen molar-refractivity contribution in [3.63, 3.8) is 0 Å². The molecule has 1 N–H and O–H groups in total. The summed E-state index contributed by atoms with van der Waals surface area (Å²) in [5.41, 5.74) is -0.0272. The van der Waals surface area contributed by atoms with Crippen LogP contribution in [-0.4, -0.2) is 30.4 Å². The molecule has 1 heterocycles. The van der Waals surface area contributed by atoms with Gasteiger partial charge in [0.25, 0.3) is 0 Å². The first kappa shape index (κ1) is 18.7. The maximum atomic E-state index is 12.6. The quantitative estimate of drug-likeness (QED) is 0.816. The molecule has 0 bridgehead atoms. The molecule has 0 aliphatic carbocycles. The highest BCUT2D eigenvalue weighted by Gasteiger charge is 2.31. The molecule has 0 aliphatic heterocycles. The molecule has 6 nitrogen and oxygen atoms in total. The molecule has 2 rings (SSSR count). The van der Waals surface area contributed by atoms with E-state index in [2.05, 4.69) is 26.3 Å². The molecule has 1 unspecified atom stereocenters. The molecule has 0 saturated heterocycles. The molecule has 0 fully saturated rings. The van der Waals surface area contributed by atoms with E-state index >= 15 is 0 Å². The van der Waals surface area contributed by atoms with Crippen LogP contribution in [0.4, 0.5) is 0 Å². The third-order valence-corrected chi connectivity index (χ3v) is 5.37. The summed E-state index contributed by atoms with van der Waals surface area (Å²) in [5.74, 6) is -0.183. The number of carbonyl (C=O) groups is 1. The van der Waals surface area contributed by atoms with Crippen LogP contribution < -0.4 is 5.32 Å². The fourth-order valence-corrected chi connectivity index (χ4v) is 3.09. The highest BCUT2D eigenvalue weighted by molar-refractivity contribution is 9.10. The van der Waals surface area contributed by atoms with E-state index in [9.17, 15) is 13.2 Å². The van der Waals surface area contributed by atoms with Crippen LogP contribution in [0, 0.1) is 0 Å². The third-order valence-electron chi connectivity index (χ3n) is 3.84. The molecule has 0 saturated carbocycles. The summed E-state index contributed by atoms with van der Waals surface area (Å²) in [6.07, 6.45) is 4.53. The summed E-state index contributed by atoms with van der Waals surface area (Å²) in [5, 5.41) is 7.11. The Kier molecular flexibility index (Phi) is 5.19. The van der Waals surface area contributed by atoms with Crippen molar-refractivity contribution < 1.29 is 13.2 Å². The van der Waals surface area contributed by atoms with Crippen LogP contribution in [0.1, 0.15) is 32.4 Å². The van der Waals surface area contributed by atoms with E-state index in [0.717, 1.165) is 16.3 Å². The minimum absolute atomic E-state index is 0.183. The molecular weight excluding hydrogens is 394 g/mol. The number of rotatable bonds is 5. The average molecular weight is 414 g/mol. The number of sulfone groups is 1. The Labute approximate surface area is 150 Å². The monoisotopic (exact) mass is 413 g/mol. The summed E-state index contributed by atoms with van der Waals surface area (Å²) in [4.78, 5) is 12.9. The third kappa shape index (κ3) is 4.05. The van der Waals surface area contributed by atoms with Gasteiger partial charge in [0.15, 0.2) is 9.84 Å². The first-order valence-electron chi connectivity index (χ1n) is 7.33. The lowest BCUT2D eigenvalue weighted by Gasteiger charge is -2.26. The van der Waals surface area contributed by atoms with Crippen molar-refractivity contribution in [3.8, 4) is 0 Å². The van der Waals surface area contributed by atoms with E-state index < -0.39 is 15.4 Å². The van der Waals surface area contributed by atoms with Gasteiger partial charge in [-0.3, -0.25) is 9.48 Å². The molecule has 1 aromatic heterocycles. The van der Waals surface area contributed by atoms with E-state index in [1.54, 1.807) is 55.2 Å².